The largest absolute Gasteiger partial charge is 0.311 e. The smallest absolute Gasteiger partial charge is 0.263 e. The lowest BCUT2D eigenvalue weighted by molar-refractivity contribution is -0.116. The van der Waals surface area contributed by atoms with Gasteiger partial charge in [0, 0.05) is 30.2 Å². The number of halogens is 1. The minimum atomic E-state index is -0.321. The number of carbonyl (C=O) groups is 1. The van der Waals surface area contributed by atoms with E-state index in [9.17, 15) is 14.0 Å². The van der Waals surface area contributed by atoms with Gasteiger partial charge in [-0.05, 0) is 35.7 Å². The number of aromatic nitrogens is 2. The van der Waals surface area contributed by atoms with Crippen LogP contribution in [0.4, 0.5) is 10.1 Å². The van der Waals surface area contributed by atoms with Gasteiger partial charge in [0.1, 0.15) is 10.6 Å². The molecule has 0 bridgehead atoms. The van der Waals surface area contributed by atoms with Gasteiger partial charge in [0.2, 0.25) is 5.91 Å². The fourth-order valence-corrected chi connectivity index (χ4v) is 5.66. The summed E-state index contributed by atoms with van der Waals surface area (Å²) in [5.41, 5.74) is 3.49. The Bertz CT molecular complexity index is 1360. The summed E-state index contributed by atoms with van der Waals surface area (Å²) in [6.45, 7) is 0.677. The Morgan fingerprint density at radius 1 is 1.19 bits per heavy atom. The first-order valence-electron chi connectivity index (χ1n) is 9.78. The van der Waals surface area contributed by atoms with Crippen molar-refractivity contribution in [2.45, 2.75) is 11.6 Å². The van der Waals surface area contributed by atoms with Crippen molar-refractivity contribution in [1.29, 1.82) is 0 Å². The van der Waals surface area contributed by atoms with Crippen LogP contribution in [0, 0.1) is 5.82 Å². The van der Waals surface area contributed by atoms with Crippen LogP contribution in [0.2, 0.25) is 0 Å². The van der Waals surface area contributed by atoms with E-state index in [-0.39, 0.29) is 23.0 Å². The molecule has 156 valence electrons. The number of fused-ring (bicyclic) bond motifs is 2. The van der Waals surface area contributed by atoms with Gasteiger partial charge in [-0.2, -0.15) is 0 Å². The van der Waals surface area contributed by atoms with E-state index in [2.05, 4.69) is 4.98 Å². The number of thiophene rings is 1. The first-order chi connectivity index (χ1) is 15.0. The lowest BCUT2D eigenvalue weighted by Gasteiger charge is -2.17. The molecular formula is C23H18FN3O2S2. The summed E-state index contributed by atoms with van der Waals surface area (Å²) in [4.78, 5) is 33.0. The Hall–Kier alpha value is -2.97. The van der Waals surface area contributed by atoms with Gasteiger partial charge in [-0.15, -0.1) is 11.3 Å². The molecular weight excluding hydrogens is 433 g/mol. The molecule has 5 nitrogen and oxygen atoms in total. The monoisotopic (exact) mass is 451 g/mol. The third-order valence-corrected chi connectivity index (χ3v) is 7.33. The molecule has 0 unspecified atom stereocenters. The number of para-hydroxylation sites is 1. The van der Waals surface area contributed by atoms with E-state index in [1.165, 1.54) is 45.4 Å². The minimum Gasteiger partial charge on any atom is -0.311 e. The first kappa shape index (κ1) is 20.0. The number of hydrogen-bond donors (Lipinski definition) is 0. The molecule has 0 fully saturated rings. The quantitative estimate of drug-likeness (QED) is 0.339. The Labute approximate surface area is 186 Å². The maximum atomic E-state index is 13.3. The van der Waals surface area contributed by atoms with Crippen LogP contribution in [0.15, 0.2) is 63.9 Å². The molecule has 31 heavy (non-hydrogen) atoms. The van der Waals surface area contributed by atoms with Crippen LogP contribution in [0.5, 0.6) is 0 Å². The topological polar surface area (TPSA) is 55.2 Å². The number of anilines is 1. The molecule has 5 rings (SSSR count). The van der Waals surface area contributed by atoms with Crippen molar-refractivity contribution < 1.29 is 9.18 Å². The van der Waals surface area contributed by atoms with E-state index in [4.69, 9.17) is 0 Å². The summed E-state index contributed by atoms with van der Waals surface area (Å²) in [6.07, 6.45) is 0.858. The summed E-state index contributed by atoms with van der Waals surface area (Å²) < 4.78 is 14.8. The molecule has 0 spiro atoms. The zero-order valence-corrected chi connectivity index (χ0v) is 18.3. The molecule has 0 radical (unpaired) electrons. The second-order valence-electron chi connectivity index (χ2n) is 7.31. The highest BCUT2D eigenvalue weighted by Gasteiger charge is 2.24. The number of amides is 1. The predicted octanol–water partition coefficient (Wildman–Crippen LogP) is 4.48. The van der Waals surface area contributed by atoms with E-state index < -0.39 is 0 Å². The summed E-state index contributed by atoms with van der Waals surface area (Å²) in [6, 6.07) is 14.0. The van der Waals surface area contributed by atoms with Crippen molar-refractivity contribution >= 4 is 44.9 Å². The van der Waals surface area contributed by atoms with Gasteiger partial charge in [-0.3, -0.25) is 14.2 Å². The molecule has 0 atom stereocenters. The highest BCUT2D eigenvalue weighted by molar-refractivity contribution is 7.99. The zero-order valence-electron chi connectivity index (χ0n) is 16.7. The Morgan fingerprint density at radius 3 is 2.77 bits per heavy atom. The van der Waals surface area contributed by atoms with Crippen LogP contribution < -0.4 is 10.5 Å². The molecule has 2 aromatic heterocycles. The van der Waals surface area contributed by atoms with Crippen molar-refractivity contribution in [2.24, 2.45) is 7.05 Å². The molecule has 0 saturated carbocycles. The van der Waals surface area contributed by atoms with Crippen molar-refractivity contribution in [2.75, 3.05) is 17.2 Å². The SMILES string of the molecule is Cn1c(SCC(=O)N2CCc3ccccc32)nc2scc(-c3ccc(F)cc3)c2c1=O. The van der Waals surface area contributed by atoms with E-state index in [1.54, 1.807) is 24.1 Å². The molecule has 2 aromatic carbocycles. The molecule has 1 aliphatic heterocycles. The average molecular weight is 452 g/mol. The maximum Gasteiger partial charge on any atom is 0.263 e. The molecule has 3 heterocycles. The molecule has 0 saturated heterocycles. The molecule has 8 heteroatoms. The number of thioether (sulfide) groups is 1. The Balaban J connectivity index is 1.41. The van der Waals surface area contributed by atoms with Gasteiger partial charge < -0.3 is 4.90 Å². The molecule has 0 N–H and O–H groups in total. The van der Waals surface area contributed by atoms with Crippen LogP contribution in [-0.2, 0) is 18.3 Å². The Morgan fingerprint density at radius 2 is 1.97 bits per heavy atom. The number of benzene rings is 2. The van der Waals surface area contributed by atoms with Gasteiger partial charge >= 0.3 is 0 Å². The summed E-state index contributed by atoms with van der Waals surface area (Å²) >= 11 is 2.64. The van der Waals surface area contributed by atoms with Crippen LogP contribution in [0.1, 0.15) is 5.56 Å². The van der Waals surface area contributed by atoms with Crippen LogP contribution in [-0.4, -0.2) is 27.8 Å². The highest BCUT2D eigenvalue weighted by Crippen LogP contribution is 2.33. The van der Waals surface area contributed by atoms with Crippen molar-refractivity contribution in [3.05, 3.63) is 75.6 Å². The zero-order chi connectivity index (χ0) is 21.5. The van der Waals surface area contributed by atoms with Crippen molar-refractivity contribution in [3.63, 3.8) is 0 Å². The standard InChI is InChI=1S/C23H18FN3O2S2/c1-26-22(29)20-17(14-6-8-16(24)9-7-14)12-30-21(20)25-23(26)31-13-19(28)27-11-10-15-4-2-3-5-18(15)27/h2-9,12H,10-11,13H2,1H3. The van der Waals surface area contributed by atoms with Crippen LogP contribution in [0.25, 0.3) is 21.3 Å². The molecule has 1 aliphatic rings. The minimum absolute atomic E-state index is 0.00229. The number of carbonyl (C=O) groups excluding carboxylic acids is 1. The van der Waals surface area contributed by atoms with E-state index in [0.717, 1.165) is 23.2 Å². The third kappa shape index (κ3) is 3.55. The third-order valence-electron chi connectivity index (χ3n) is 5.44. The van der Waals surface area contributed by atoms with Gasteiger partial charge in [-0.25, -0.2) is 9.37 Å². The maximum absolute atomic E-state index is 13.3. The van der Waals surface area contributed by atoms with Crippen LogP contribution >= 0.6 is 23.1 Å². The Kier molecular flexibility index (Phi) is 5.11. The van der Waals surface area contributed by atoms with Crippen molar-refractivity contribution in [1.82, 2.24) is 9.55 Å². The van der Waals surface area contributed by atoms with Gasteiger partial charge in [-0.1, -0.05) is 42.1 Å². The van der Waals surface area contributed by atoms with Crippen molar-refractivity contribution in [3.8, 4) is 11.1 Å². The number of rotatable bonds is 4. The van der Waals surface area contributed by atoms with Gasteiger partial charge in [0.15, 0.2) is 5.16 Å². The van der Waals surface area contributed by atoms with E-state index in [0.29, 0.717) is 21.9 Å². The second-order valence-corrected chi connectivity index (χ2v) is 9.11. The fraction of sp³-hybridized carbons (Fsp3) is 0.174. The van der Waals surface area contributed by atoms with E-state index >= 15 is 0 Å². The second kappa shape index (κ2) is 7.94. The normalized spacial score (nSPS) is 13.0. The highest BCUT2D eigenvalue weighted by atomic mass is 32.2. The summed E-state index contributed by atoms with van der Waals surface area (Å²) in [5, 5.41) is 2.89. The lowest BCUT2D eigenvalue weighted by Crippen LogP contribution is -2.30. The van der Waals surface area contributed by atoms with E-state index in [1.807, 2.05) is 29.6 Å². The molecule has 1 amide bonds. The molecule has 0 aliphatic carbocycles. The number of hydrogen-bond acceptors (Lipinski definition) is 5. The van der Waals surface area contributed by atoms with Gasteiger partial charge in [0.25, 0.3) is 5.56 Å². The molecule has 4 aromatic rings. The summed E-state index contributed by atoms with van der Waals surface area (Å²) in [7, 11) is 1.67. The predicted molar refractivity (Wildman–Crippen MR) is 123 cm³/mol. The average Bonchev–Trinajstić information content (AvgIpc) is 3.40. The number of nitrogens with zero attached hydrogens (tertiary/aromatic N) is 3. The van der Waals surface area contributed by atoms with Gasteiger partial charge in [0.05, 0.1) is 11.1 Å². The first-order valence-corrected chi connectivity index (χ1v) is 11.6. The fourth-order valence-electron chi connectivity index (χ4n) is 3.83. The summed E-state index contributed by atoms with van der Waals surface area (Å²) in [5.74, 6) is -0.114. The van der Waals surface area contributed by atoms with Crippen LogP contribution in [0.3, 0.4) is 0 Å². The lowest BCUT2D eigenvalue weighted by atomic mass is 10.1.